The van der Waals surface area contributed by atoms with Crippen molar-refractivity contribution in [2.24, 2.45) is 5.92 Å². The number of hydrogen-bond acceptors (Lipinski definition) is 7. The number of pyridine rings is 2. The van der Waals surface area contributed by atoms with Gasteiger partial charge in [-0.2, -0.15) is 0 Å². The molecule has 1 fully saturated rings. The Balaban J connectivity index is 1.33. The second kappa shape index (κ2) is 9.98. The molecular formula is C23H27N5O2S. The number of aromatic nitrogens is 3. The molecule has 8 heteroatoms. The number of anilines is 2. The molecule has 0 bridgehead atoms. The number of nitrogens with zero attached hydrogens (tertiary/aromatic N) is 4. The van der Waals surface area contributed by atoms with Crippen LogP contribution in [0.3, 0.4) is 0 Å². The molecule has 3 aromatic heterocycles. The number of piperidine rings is 1. The van der Waals surface area contributed by atoms with Crippen LogP contribution in [0.2, 0.25) is 0 Å². The lowest BCUT2D eigenvalue weighted by atomic mass is 9.92. The molecule has 2 N–H and O–H groups in total. The van der Waals surface area contributed by atoms with Crippen LogP contribution in [0.25, 0.3) is 10.6 Å². The molecule has 31 heavy (non-hydrogen) atoms. The fourth-order valence-corrected chi connectivity index (χ4v) is 4.72. The van der Waals surface area contributed by atoms with Crippen LogP contribution in [0.4, 0.5) is 11.6 Å². The van der Waals surface area contributed by atoms with Crippen molar-refractivity contribution < 1.29 is 9.90 Å². The van der Waals surface area contributed by atoms with E-state index < -0.39 is 6.61 Å². The van der Waals surface area contributed by atoms with E-state index in [0.717, 1.165) is 71.6 Å². The number of rotatable bonds is 7. The van der Waals surface area contributed by atoms with Crippen LogP contribution in [-0.2, 0) is 11.2 Å². The molecule has 0 radical (unpaired) electrons. The second-order valence-electron chi connectivity index (χ2n) is 7.89. The zero-order valence-electron chi connectivity index (χ0n) is 17.6. The standard InChI is InChI=1S/C23H27N5O2S/c1-16-7-10-24-21(13-16)27-20-4-2-3-18(26-20)19-14-25-22(31-19)6-5-17-8-11-28(12-9-17)23(30)15-29/h2-4,7,10,13-14,17,29H,5-6,8-9,11-12,15H2,1H3,(H,24,26,27). The zero-order chi connectivity index (χ0) is 21.6. The molecule has 7 nitrogen and oxygen atoms in total. The highest BCUT2D eigenvalue weighted by Crippen LogP contribution is 2.29. The van der Waals surface area contributed by atoms with Gasteiger partial charge in [0.2, 0.25) is 5.91 Å². The first-order chi connectivity index (χ1) is 15.1. The van der Waals surface area contributed by atoms with Gasteiger partial charge in [-0.3, -0.25) is 4.79 Å². The molecule has 3 aromatic rings. The number of carbonyl (C=O) groups excluding carboxylic acids is 1. The number of aryl methyl sites for hydroxylation is 2. The number of carbonyl (C=O) groups is 1. The predicted molar refractivity (Wildman–Crippen MR) is 122 cm³/mol. The fourth-order valence-electron chi connectivity index (χ4n) is 3.82. The largest absolute Gasteiger partial charge is 0.387 e. The third-order valence-electron chi connectivity index (χ3n) is 5.60. The van der Waals surface area contributed by atoms with E-state index in [9.17, 15) is 4.79 Å². The Morgan fingerprint density at radius 1 is 1.23 bits per heavy atom. The summed E-state index contributed by atoms with van der Waals surface area (Å²) in [6, 6.07) is 9.87. The van der Waals surface area contributed by atoms with Crippen molar-refractivity contribution in [1.82, 2.24) is 19.9 Å². The van der Waals surface area contributed by atoms with Gasteiger partial charge >= 0.3 is 0 Å². The van der Waals surface area contributed by atoms with Crippen LogP contribution >= 0.6 is 11.3 Å². The minimum absolute atomic E-state index is 0.162. The summed E-state index contributed by atoms with van der Waals surface area (Å²) < 4.78 is 0. The van der Waals surface area contributed by atoms with E-state index >= 15 is 0 Å². The summed E-state index contributed by atoms with van der Waals surface area (Å²) in [4.78, 5) is 28.1. The number of amides is 1. The molecule has 162 valence electrons. The Morgan fingerprint density at radius 3 is 2.84 bits per heavy atom. The molecule has 0 atom stereocenters. The highest BCUT2D eigenvalue weighted by Gasteiger charge is 2.22. The maximum Gasteiger partial charge on any atom is 0.248 e. The van der Waals surface area contributed by atoms with Crippen LogP contribution in [0.1, 0.15) is 29.8 Å². The van der Waals surface area contributed by atoms with Crippen LogP contribution < -0.4 is 5.32 Å². The molecule has 4 rings (SSSR count). The zero-order valence-corrected chi connectivity index (χ0v) is 18.4. The molecule has 0 saturated carbocycles. The normalized spacial score (nSPS) is 14.6. The average Bonchev–Trinajstić information content (AvgIpc) is 3.27. The van der Waals surface area contributed by atoms with Gasteiger partial charge in [0.25, 0.3) is 0 Å². The highest BCUT2D eigenvalue weighted by atomic mass is 32.1. The molecule has 0 aromatic carbocycles. The quantitative estimate of drug-likeness (QED) is 0.584. The van der Waals surface area contributed by atoms with Gasteiger partial charge in [-0.25, -0.2) is 15.0 Å². The first kappa shape index (κ1) is 21.4. The fraction of sp³-hybridized carbons (Fsp3) is 0.391. The predicted octanol–water partition coefficient (Wildman–Crippen LogP) is 3.82. The summed E-state index contributed by atoms with van der Waals surface area (Å²) in [6.07, 6.45) is 7.68. The van der Waals surface area contributed by atoms with Crippen molar-refractivity contribution in [3.8, 4) is 10.6 Å². The van der Waals surface area contributed by atoms with E-state index in [2.05, 4.69) is 15.3 Å². The summed E-state index contributed by atoms with van der Waals surface area (Å²) >= 11 is 1.69. The van der Waals surface area contributed by atoms with Crippen molar-refractivity contribution in [1.29, 1.82) is 0 Å². The summed E-state index contributed by atoms with van der Waals surface area (Å²) in [7, 11) is 0. The van der Waals surface area contributed by atoms with Crippen molar-refractivity contribution >= 4 is 28.9 Å². The Morgan fingerprint density at radius 2 is 2.06 bits per heavy atom. The van der Waals surface area contributed by atoms with Crippen LogP contribution in [0.15, 0.2) is 42.7 Å². The molecule has 0 unspecified atom stereocenters. The van der Waals surface area contributed by atoms with Gasteiger partial charge in [-0.15, -0.1) is 11.3 Å². The van der Waals surface area contributed by atoms with Crippen molar-refractivity contribution in [2.75, 3.05) is 25.0 Å². The number of hydrogen-bond donors (Lipinski definition) is 2. The minimum Gasteiger partial charge on any atom is -0.387 e. The smallest absolute Gasteiger partial charge is 0.248 e. The Labute approximate surface area is 186 Å². The lowest BCUT2D eigenvalue weighted by Crippen LogP contribution is -2.40. The average molecular weight is 438 g/mol. The number of thiazole rings is 1. The molecule has 1 saturated heterocycles. The lowest BCUT2D eigenvalue weighted by Gasteiger charge is -2.31. The third kappa shape index (κ3) is 5.65. The van der Waals surface area contributed by atoms with Gasteiger partial charge in [0.15, 0.2) is 0 Å². The monoisotopic (exact) mass is 437 g/mol. The van der Waals surface area contributed by atoms with Crippen LogP contribution in [0.5, 0.6) is 0 Å². The molecule has 1 aliphatic rings. The molecule has 4 heterocycles. The lowest BCUT2D eigenvalue weighted by molar-refractivity contribution is -0.135. The van der Waals surface area contributed by atoms with E-state index in [0.29, 0.717) is 5.92 Å². The Bertz CT molecular complexity index is 1030. The van der Waals surface area contributed by atoms with Gasteiger partial charge in [-0.1, -0.05) is 6.07 Å². The van der Waals surface area contributed by atoms with Gasteiger partial charge in [-0.05, 0) is 68.4 Å². The minimum atomic E-state index is -0.390. The van der Waals surface area contributed by atoms with E-state index in [-0.39, 0.29) is 5.91 Å². The van der Waals surface area contributed by atoms with E-state index in [4.69, 9.17) is 10.1 Å². The van der Waals surface area contributed by atoms with Gasteiger partial charge in [0.1, 0.15) is 18.2 Å². The van der Waals surface area contributed by atoms with Crippen LogP contribution in [-0.4, -0.2) is 50.6 Å². The number of aliphatic hydroxyl groups is 1. The molecule has 1 amide bonds. The SMILES string of the molecule is Cc1ccnc(Nc2cccc(-c3cnc(CCC4CCN(C(=O)CO)CC4)s3)n2)c1. The van der Waals surface area contributed by atoms with E-state index in [1.807, 2.05) is 43.5 Å². The molecular weight excluding hydrogens is 410 g/mol. The molecule has 0 spiro atoms. The first-order valence-corrected chi connectivity index (χ1v) is 11.4. The van der Waals surface area contributed by atoms with Crippen molar-refractivity contribution in [3.05, 3.63) is 53.3 Å². The summed E-state index contributed by atoms with van der Waals surface area (Å²) in [5.74, 6) is 1.98. The van der Waals surface area contributed by atoms with Crippen molar-refractivity contribution in [2.45, 2.75) is 32.6 Å². The van der Waals surface area contributed by atoms with Crippen LogP contribution in [0, 0.1) is 12.8 Å². The second-order valence-corrected chi connectivity index (χ2v) is 9.01. The van der Waals surface area contributed by atoms with E-state index in [1.165, 1.54) is 0 Å². The number of likely N-dealkylation sites (tertiary alicyclic amines) is 1. The highest BCUT2D eigenvalue weighted by molar-refractivity contribution is 7.15. The molecule has 1 aliphatic heterocycles. The van der Waals surface area contributed by atoms with Gasteiger partial charge < -0.3 is 15.3 Å². The summed E-state index contributed by atoms with van der Waals surface area (Å²) in [5.41, 5.74) is 2.05. The number of aliphatic hydroxyl groups excluding tert-OH is 1. The topological polar surface area (TPSA) is 91.2 Å². The Hall–Kier alpha value is -2.84. The van der Waals surface area contributed by atoms with Gasteiger partial charge in [0.05, 0.1) is 15.6 Å². The maximum absolute atomic E-state index is 11.6. The Kier molecular flexibility index (Phi) is 6.89. The molecule has 0 aliphatic carbocycles. The van der Waals surface area contributed by atoms with E-state index in [1.54, 1.807) is 22.4 Å². The number of nitrogens with one attached hydrogen (secondary N) is 1. The maximum atomic E-state index is 11.6. The first-order valence-electron chi connectivity index (χ1n) is 10.6. The summed E-state index contributed by atoms with van der Waals surface area (Å²) in [5, 5.41) is 13.4. The third-order valence-corrected chi connectivity index (χ3v) is 6.68. The van der Waals surface area contributed by atoms with Crippen molar-refractivity contribution in [3.63, 3.8) is 0 Å². The van der Waals surface area contributed by atoms with Gasteiger partial charge in [0, 0.05) is 25.5 Å². The summed E-state index contributed by atoms with van der Waals surface area (Å²) in [6.45, 7) is 3.13.